The van der Waals surface area contributed by atoms with E-state index in [9.17, 15) is 44.6 Å². The van der Waals surface area contributed by atoms with Gasteiger partial charge in [0.25, 0.3) is 0 Å². The Morgan fingerprint density at radius 2 is 0.905 bits per heavy atom. The van der Waals surface area contributed by atoms with Crippen molar-refractivity contribution in [3.63, 3.8) is 0 Å². The zero-order valence-electron chi connectivity index (χ0n) is 38.6. The van der Waals surface area contributed by atoms with Crippen molar-refractivity contribution in [3.8, 4) is 0 Å². The molecule has 0 spiro atoms. The van der Waals surface area contributed by atoms with Crippen LogP contribution in [0.2, 0.25) is 0 Å². The highest BCUT2D eigenvalue weighted by atomic mass is 31.2. The normalized spacial score (nSPS) is 22.2. The van der Waals surface area contributed by atoms with Crippen LogP contribution in [-0.4, -0.2) is 98.3 Å². The Morgan fingerprint density at radius 3 is 1.43 bits per heavy atom. The molecule has 1 fully saturated rings. The minimum absolute atomic E-state index is 0.0806. The monoisotopic (exact) mass is 913 g/mol. The van der Waals surface area contributed by atoms with Gasteiger partial charge in [-0.3, -0.25) is 18.6 Å². The molecule has 0 aliphatic heterocycles. The van der Waals surface area contributed by atoms with E-state index < -0.39 is 75.7 Å². The van der Waals surface area contributed by atoms with Crippen LogP contribution in [0.15, 0.2) is 60.8 Å². The molecule has 0 bridgehead atoms. The number of carbonyl (C=O) groups is 2. The van der Waals surface area contributed by atoms with Gasteiger partial charge < -0.3 is 39.9 Å². The second-order valence-electron chi connectivity index (χ2n) is 16.6. The molecule has 63 heavy (non-hydrogen) atoms. The average Bonchev–Trinajstić information content (AvgIpc) is 3.26. The lowest BCUT2D eigenvalue weighted by Gasteiger charge is -2.41. The molecule has 364 valence electrons. The smallest absolute Gasteiger partial charge is 0.462 e. The van der Waals surface area contributed by atoms with Crippen molar-refractivity contribution in [1.29, 1.82) is 0 Å². The van der Waals surface area contributed by atoms with Gasteiger partial charge in [0, 0.05) is 12.8 Å². The van der Waals surface area contributed by atoms with Gasteiger partial charge in [-0.1, -0.05) is 152 Å². The summed E-state index contributed by atoms with van der Waals surface area (Å²) in [5.74, 6) is -1.15. The fourth-order valence-electron chi connectivity index (χ4n) is 6.98. The van der Waals surface area contributed by atoms with Crippen LogP contribution < -0.4 is 0 Å². The van der Waals surface area contributed by atoms with Crippen LogP contribution in [0, 0.1) is 0 Å². The van der Waals surface area contributed by atoms with Crippen molar-refractivity contribution < 1.29 is 63.1 Å². The fourth-order valence-corrected chi connectivity index (χ4v) is 7.95. The van der Waals surface area contributed by atoms with Crippen molar-refractivity contribution in [3.05, 3.63) is 60.8 Å². The number of carbonyl (C=O) groups excluding carboxylic acids is 2. The van der Waals surface area contributed by atoms with Crippen LogP contribution in [0.5, 0.6) is 0 Å². The van der Waals surface area contributed by atoms with E-state index in [1.165, 1.54) is 64.2 Å². The lowest BCUT2D eigenvalue weighted by atomic mass is 9.85. The number of aliphatic hydroxyl groups excluding tert-OH is 5. The zero-order valence-corrected chi connectivity index (χ0v) is 39.5. The predicted octanol–water partition coefficient (Wildman–Crippen LogP) is 9.73. The van der Waals surface area contributed by atoms with Crippen LogP contribution in [-0.2, 0) is 32.7 Å². The Balaban J connectivity index is 2.46. The summed E-state index contributed by atoms with van der Waals surface area (Å²) in [5, 5.41) is 50.2. The molecule has 0 amide bonds. The molecule has 14 heteroatoms. The zero-order chi connectivity index (χ0) is 46.4. The third-order valence-corrected chi connectivity index (χ3v) is 11.8. The first-order valence-electron chi connectivity index (χ1n) is 24.1. The third kappa shape index (κ3) is 31.2. The highest BCUT2D eigenvalue weighted by Crippen LogP contribution is 2.47. The predicted molar refractivity (Wildman–Crippen MR) is 249 cm³/mol. The molecular formula is C49H85O13P. The van der Waals surface area contributed by atoms with E-state index in [0.717, 1.165) is 77.0 Å². The van der Waals surface area contributed by atoms with E-state index in [-0.39, 0.29) is 12.8 Å². The Morgan fingerprint density at radius 1 is 0.508 bits per heavy atom. The summed E-state index contributed by atoms with van der Waals surface area (Å²) in [6.45, 7) is 3.15. The van der Waals surface area contributed by atoms with E-state index in [1.807, 2.05) is 0 Å². The molecule has 1 aliphatic rings. The van der Waals surface area contributed by atoms with Crippen molar-refractivity contribution in [2.45, 2.75) is 224 Å². The summed E-state index contributed by atoms with van der Waals surface area (Å²) in [4.78, 5) is 35.7. The maximum absolute atomic E-state index is 12.8. The van der Waals surface area contributed by atoms with E-state index in [2.05, 4.69) is 74.6 Å². The summed E-state index contributed by atoms with van der Waals surface area (Å²) >= 11 is 0. The maximum atomic E-state index is 12.8. The summed E-state index contributed by atoms with van der Waals surface area (Å²) in [5.41, 5.74) is 0. The highest BCUT2D eigenvalue weighted by molar-refractivity contribution is 7.47. The molecule has 6 N–H and O–H groups in total. The minimum Gasteiger partial charge on any atom is -0.462 e. The Labute approximate surface area is 379 Å². The molecular weight excluding hydrogens is 827 g/mol. The number of esters is 2. The van der Waals surface area contributed by atoms with Crippen molar-refractivity contribution in [2.75, 3.05) is 13.2 Å². The highest BCUT2D eigenvalue weighted by Gasteiger charge is 2.51. The van der Waals surface area contributed by atoms with Gasteiger partial charge in [-0.2, -0.15) is 0 Å². The number of hydrogen-bond donors (Lipinski definition) is 6. The molecule has 13 nitrogen and oxygen atoms in total. The molecule has 0 aromatic carbocycles. The number of rotatable bonds is 39. The minimum atomic E-state index is -5.13. The number of aliphatic hydroxyl groups is 5. The molecule has 6 unspecified atom stereocenters. The van der Waals surface area contributed by atoms with Crippen LogP contribution >= 0.6 is 7.82 Å². The number of phosphoric acid groups is 1. The largest absolute Gasteiger partial charge is 0.472 e. The summed E-state index contributed by atoms with van der Waals surface area (Å²) in [6, 6.07) is 0. The van der Waals surface area contributed by atoms with Crippen LogP contribution in [0.3, 0.4) is 0 Å². The molecule has 0 aromatic heterocycles. The Kier molecular flexibility index (Phi) is 36.1. The molecule has 0 saturated heterocycles. The van der Waals surface area contributed by atoms with Gasteiger partial charge in [-0.05, 0) is 77.0 Å². The number of hydrogen-bond acceptors (Lipinski definition) is 12. The fraction of sp³-hybridized carbons (Fsp3) is 0.755. The quantitative estimate of drug-likeness (QED) is 0.0147. The van der Waals surface area contributed by atoms with E-state index >= 15 is 0 Å². The molecule has 0 heterocycles. The molecule has 8 atom stereocenters. The SMILES string of the molecule is CC/C=C\C/C=C\C/C=C\C/C=C\CCCCC(=O)OC[C@H](COP(=O)(O)OC1C(O)C(O)C(O)[C@@H](O)C1O)OC(=O)CCCCCCCCC/C=C\CCCCCCCCCC. The second-order valence-corrected chi connectivity index (χ2v) is 18.0. The van der Waals surface area contributed by atoms with Crippen molar-refractivity contribution >= 4 is 19.8 Å². The lowest BCUT2D eigenvalue weighted by Crippen LogP contribution is -2.64. The first-order chi connectivity index (χ1) is 30.4. The standard InChI is InChI=1S/C49H85O13P/c1-3-5-7-9-11-13-15-17-19-20-21-22-24-26-28-30-32-34-36-38-43(51)61-41(40-60-63(57,58)62-49-47(55)45(53)44(52)46(54)48(49)56)39-59-42(50)37-35-33-31-29-27-25-23-18-16-14-12-10-8-6-4-2/h6,8,12,14,18,20-21,23,27,29,41,44-49,52-56H,3-5,7,9-11,13,15-17,19,22,24-26,28,30-40H2,1-2H3,(H,57,58)/b8-6-,14-12-,21-20-,23-18-,29-27-/t41-,44?,45-,46?,47?,48?,49?/m1/s1. The molecule has 0 aromatic rings. The van der Waals surface area contributed by atoms with Crippen LogP contribution in [0.1, 0.15) is 181 Å². The topological polar surface area (TPSA) is 210 Å². The van der Waals surface area contributed by atoms with Crippen molar-refractivity contribution in [1.82, 2.24) is 0 Å². The van der Waals surface area contributed by atoms with E-state index in [1.54, 1.807) is 0 Å². The van der Waals surface area contributed by atoms with E-state index in [4.69, 9.17) is 18.5 Å². The number of unbranched alkanes of at least 4 members (excludes halogenated alkanes) is 17. The van der Waals surface area contributed by atoms with Crippen LogP contribution in [0.4, 0.5) is 0 Å². The molecule has 1 aliphatic carbocycles. The number of allylic oxidation sites excluding steroid dienone is 10. The molecule has 0 radical (unpaired) electrons. The van der Waals surface area contributed by atoms with Crippen LogP contribution in [0.25, 0.3) is 0 Å². The number of phosphoric ester groups is 1. The molecule has 1 rings (SSSR count). The summed E-state index contributed by atoms with van der Waals surface area (Å²) in [7, 11) is -5.13. The lowest BCUT2D eigenvalue weighted by molar-refractivity contribution is -0.220. The van der Waals surface area contributed by atoms with Gasteiger partial charge in [-0.15, -0.1) is 0 Å². The maximum Gasteiger partial charge on any atom is 0.472 e. The van der Waals surface area contributed by atoms with Gasteiger partial charge in [0.2, 0.25) is 0 Å². The second kappa shape index (κ2) is 38.8. The van der Waals surface area contributed by atoms with Gasteiger partial charge in [0.1, 0.15) is 43.2 Å². The Bertz CT molecular complexity index is 1330. The number of ether oxygens (including phenoxy) is 2. The third-order valence-electron chi connectivity index (χ3n) is 10.8. The van der Waals surface area contributed by atoms with Gasteiger partial charge >= 0.3 is 19.8 Å². The van der Waals surface area contributed by atoms with E-state index in [0.29, 0.717) is 12.8 Å². The van der Waals surface area contributed by atoms with Gasteiger partial charge in [-0.25, -0.2) is 4.57 Å². The summed E-state index contributed by atoms with van der Waals surface area (Å²) in [6.07, 6.45) is 34.2. The van der Waals surface area contributed by atoms with Crippen molar-refractivity contribution in [2.24, 2.45) is 0 Å². The first-order valence-corrected chi connectivity index (χ1v) is 25.6. The summed E-state index contributed by atoms with van der Waals surface area (Å²) < 4.78 is 33.5. The first kappa shape index (κ1) is 58.6. The van der Waals surface area contributed by atoms with Gasteiger partial charge in [0.15, 0.2) is 6.10 Å². The average molecular weight is 913 g/mol. The Hall–Kier alpha value is -2.45. The van der Waals surface area contributed by atoms with Gasteiger partial charge in [0.05, 0.1) is 6.61 Å². The molecule has 1 saturated carbocycles.